The first-order valence-electron chi connectivity index (χ1n) is 8.98. The Morgan fingerprint density at radius 2 is 1.74 bits per heavy atom. The highest BCUT2D eigenvalue weighted by molar-refractivity contribution is 8.00. The van der Waals surface area contributed by atoms with Crippen LogP contribution in [-0.2, 0) is 33.3 Å². The number of nitrogens with one attached hydrogen (secondary N) is 2. The highest BCUT2D eigenvalue weighted by Gasteiger charge is 2.65. The Morgan fingerprint density at radius 1 is 1.04 bits per heavy atom. The molecule has 3 heterocycles. The van der Waals surface area contributed by atoms with E-state index in [9.17, 15) is 9.59 Å². The van der Waals surface area contributed by atoms with Gasteiger partial charge in [0.15, 0.2) is 11.6 Å². The van der Waals surface area contributed by atoms with E-state index in [0.717, 1.165) is 0 Å². The number of fused-ring (bicyclic) bond motifs is 3. The maximum absolute atomic E-state index is 12.2. The van der Waals surface area contributed by atoms with Crippen LogP contribution >= 0.6 is 11.8 Å². The lowest BCUT2D eigenvalue weighted by Gasteiger charge is -2.40. The van der Waals surface area contributed by atoms with Gasteiger partial charge < -0.3 is 34.3 Å². The second-order valence-corrected chi connectivity index (χ2v) is 8.73. The lowest BCUT2D eigenvalue weighted by atomic mass is 9.97. The number of ether oxygens (including phenoxy) is 5. The van der Waals surface area contributed by atoms with Crippen LogP contribution in [0.15, 0.2) is 0 Å². The molecule has 0 saturated carbocycles. The molecule has 0 radical (unpaired) electrons. The van der Waals surface area contributed by atoms with Crippen LogP contribution in [-0.4, -0.2) is 79.2 Å². The zero-order valence-electron chi connectivity index (χ0n) is 16.3. The van der Waals surface area contributed by atoms with Gasteiger partial charge in [-0.15, -0.1) is 11.8 Å². The van der Waals surface area contributed by atoms with Crippen LogP contribution in [0.5, 0.6) is 0 Å². The molecule has 2 N–H and O–H groups in total. The smallest absolute Gasteiger partial charge is 0.230 e. The van der Waals surface area contributed by atoms with Gasteiger partial charge in [0.2, 0.25) is 17.6 Å². The summed E-state index contributed by atoms with van der Waals surface area (Å²) in [6.45, 7) is 7.69. The lowest BCUT2D eigenvalue weighted by Crippen LogP contribution is -2.62. The Bertz CT molecular complexity index is 600. The fourth-order valence-electron chi connectivity index (χ4n) is 3.56. The van der Waals surface area contributed by atoms with E-state index in [1.807, 2.05) is 13.8 Å². The van der Waals surface area contributed by atoms with Crippen molar-refractivity contribution in [1.82, 2.24) is 10.6 Å². The third-order valence-corrected chi connectivity index (χ3v) is 5.48. The SMILES string of the molecule is CNC(=O)CSCC(=O)NC[C@@]12OC[C@H]3OC(C)(C)O[C@H]3[C@@H]1OC(C)(C)O2. The van der Waals surface area contributed by atoms with Crippen molar-refractivity contribution in [3.8, 4) is 0 Å². The van der Waals surface area contributed by atoms with Crippen molar-refractivity contribution in [2.45, 2.75) is 63.4 Å². The number of thioether (sulfide) groups is 1. The molecule has 154 valence electrons. The van der Waals surface area contributed by atoms with Crippen LogP contribution in [0.25, 0.3) is 0 Å². The molecule has 4 atom stereocenters. The summed E-state index contributed by atoms with van der Waals surface area (Å²) in [4.78, 5) is 23.4. The minimum absolute atomic E-state index is 0.119. The summed E-state index contributed by atoms with van der Waals surface area (Å²) in [5.41, 5.74) is 0. The average molecular weight is 404 g/mol. The van der Waals surface area contributed by atoms with Crippen molar-refractivity contribution in [3.63, 3.8) is 0 Å². The maximum Gasteiger partial charge on any atom is 0.230 e. The zero-order valence-corrected chi connectivity index (χ0v) is 17.1. The van der Waals surface area contributed by atoms with E-state index in [1.54, 1.807) is 20.9 Å². The first-order chi connectivity index (χ1) is 12.6. The molecule has 3 fully saturated rings. The molecule has 0 aromatic carbocycles. The first kappa shape index (κ1) is 20.8. The topological polar surface area (TPSA) is 104 Å². The predicted octanol–water partition coefficient (Wildman–Crippen LogP) is -0.0201. The molecule has 0 bridgehead atoms. The van der Waals surface area contributed by atoms with Gasteiger partial charge >= 0.3 is 0 Å². The molecule has 27 heavy (non-hydrogen) atoms. The monoisotopic (exact) mass is 404 g/mol. The summed E-state index contributed by atoms with van der Waals surface area (Å²) in [5, 5.41) is 5.34. The van der Waals surface area contributed by atoms with Gasteiger partial charge in [-0.1, -0.05) is 0 Å². The Labute approximate surface area is 163 Å². The Hall–Kier alpha value is -0.910. The van der Waals surface area contributed by atoms with E-state index in [-0.39, 0.29) is 48.7 Å². The van der Waals surface area contributed by atoms with Gasteiger partial charge in [-0.2, -0.15) is 0 Å². The molecule has 9 nitrogen and oxygen atoms in total. The summed E-state index contributed by atoms with van der Waals surface area (Å²) in [6, 6.07) is 0. The second kappa shape index (κ2) is 7.49. The van der Waals surface area contributed by atoms with E-state index >= 15 is 0 Å². The van der Waals surface area contributed by atoms with Crippen LogP contribution in [0.2, 0.25) is 0 Å². The number of hydrogen-bond donors (Lipinski definition) is 2. The molecule has 0 spiro atoms. The standard InChI is InChI=1S/C17H28N2O7S/c1-15(2)23-10-6-22-17(9-19-12(21)8-27-7-11(20)18-5)14(13(10)24-15)25-16(3,4)26-17/h10,13-14H,6-9H2,1-5H3,(H,18,20)(H,19,21)/t10-,13-,14+,17+/m1/s1. The molecule has 2 amide bonds. The molecular formula is C17H28N2O7S. The van der Waals surface area contributed by atoms with E-state index < -0.39 is 23.5 Å². The summed E-state index contributed by atoms with van der Waals surface area (Å²) in [6.07, 6.45) is -1.14. The highest BCUT2D eigenvalue weighted by atomic mass is 32.2. The fraction of sp³-hybridized carbons (Fsp3) is 0.882. The molecule has 0 aromatic rings. The molecule has 0 aliphatic carbocycles. The van der Waals surface area contributed by atoms with E-state index in [0.29, 0.717) is 0 Å². The molecule has 0 aromatic heterocycles. The maximum atomic E-state index is 12.2. The predicted molar refractivity (Wildman–Crippen MR) is 96.9 cm³/mol. The first-order valence-corrected chi connectivity index (χ1v) is 10.1. The van der Waals surface area contributed by atoms with Crippen LogP contribution in [0, 0.1) is 0 Å². The largest absolute Gasteiger partial charge is 0.358 e. The molecule has 10 heteroatoms. The summed E-state index contributed by atoms with van der Waals surface area (Å²) < 4.78 is 30.0. The summed E-state index contributed by atoms with van der Waals surface area (Å²) in [7, 11) is 1.56. The van der Waals surface area contributed by atoms with Gasteiger partial charge in [0.25, 0.3) is 0 Å². The number of hydrogen-bond acceptors (Lipinski definition) is 8. The van der Waals surface area contributed by atoms with Crippen molar-refractivity contribution in [2.75, 3.05) is 31.7 Å². The number of carbonyl (C=O) groups is 2. The van der Waals surface area contributed by atoms with Gasteiger partial charge in [0, 0.05) is 7.05 Å². The molecule has 0 unspecified atom stereocenters. The number of rotatable bonds is 6. The van der Waals surface area contributed by atoms with E-state index in [4.69, 9.17) is 23.7 Å². The summed E-state index contributed by atoms with van der Waals surface area (Å²) in [5.74, 6) is -2.69. The minimum Gasteiger partial charge on any atom is -0.358 e. The van der Waals surface area contributed by atoms with Gasteiger partial charge in [0.05, 0.1) is 24.7 Å². The average Bonchev–Trinajstić information content (AvgIpc) is 3.04. The van der Waals surface area contributed by atoms with Gasteiger partial charge in [-0.3, -0.25) is 9.59 Å². The van der Waals surface area contributed by atoms with Crippen LogP contribution in [0.1, 0.15) is 27.7 Å². The fourth-order valence-corrected chi connectivity index (χ4v) is 4.28. The van der Waals surface area contributed by atoms with Crippen molar-refractivity contribution in [2.24, 2.45) is 0 Å². The van der Waals surface area contributed by atoms with Crippen molar-refractivity contribution >= 4 is 23.6 Å². The molecule has 3 rings (SSSR count). The Balaban J connectivity index is 1.62. The van der Waals surface area contributed by atoms with Gasteiger partial charge in [0.1, 0.15) is 18.3 Å². The molecule has 3 saturated heterocycles. The lowest BCUT2D eigenvalue weighted by molar-refractivity contribution is -0.277. The minimum atomic E-state index is -1.14. The normalized spacial score (nSPS) is 36.0. The van der Waals surface area contributed by atoms with E-state index in [2.05, 4.69) is 10.6 Å². The highest BCUT2D eigenvalue weighted by Crippen LogP contribution is 2.47. The Morgan fingerprint density at radius 3 is 2.44 bits per heavy atom. The molecular weight excluding hydrogens is 376 g/mol. The Kier molecular flexibility index (Phi) is 5.77. The van der Waals surface area contributed by atoms with Crippen molar-refractivity contribution in [3.05, 3.63) is 0 Å². The van der Waals surface area contributed by atoms with Crippen molar-refractivity contribution in [1.29, 1.82) is 0 Å². The number of amides is 2. The van der Waals surface area contributed by atoms with Gasteiger partial charge in [-0.25, -0.2) is 0 Å². The third kappa shape index (κ3) is 4.57. The van der Waals surface area contributed by atoms with Crippen LogP contribution < -0.4 is 10.6 Å². The summed E-state index contributed by atoms with van der Waals surface area (Å²) >= 11 is 1.24. The van der Waals surface area contributed by atoms with Gasteiger partial charge in [-0.05, 0) is 27.7 Å². The van der Waals surface area contributed by atoms with Crippen LogP contribution in [0.4, 0.5) is 0 Å². The molecule has 3 aliphatic rings. The van der Waals surface area contributed by atoms with Crippen LogP contribution in [0.3, 0.4) is 0 Å². The number of carbonyl (C=O) groups excluding carboxylic acids is 2. The van der Waals surface area contributed by atoms with E-state index in [1.165, 1.54) is 11.8 Å². The quantitative estimate of drug-likeness (QED) is 0.637. The second-order valence-electron chi connectivity index (χ2n) is 7.74. The zero-order chi connectivity index (χ0) is 19.9. The van der Waals surface area contributed by atoms with Crippen molar-refractivity contribution < 1.29 is 33.3 Å². The molecule has 3 aliphatic heterocycles. The third-order valence-electron chi connectivity index (χ3n) is 4.55.